The molecule has 8 heterocycles. The molecular formula is C128H86BN3O3S2. The van der Waals surface area contributed by atoms with E-state index in [4.69, 9.17) is 13.3 Å². The van der Waals surface area contributed by atoms with E-state index in [0.29, 0.717) is 0 Å². The Morgan fingerprint density at radius 2 is 0.628 bits per heavy atom. The molecule has 26 aromatic rings. The fourth-order valence-electron chi connectivity index (χ4n) is 22.9. The van der Waals surface area contributed by atoms with Gasteiger partial charge in [0, 0.05) is 123 Å². The van der Waals surface area contributed by atoms with Gasteiger partial charge in [-0.05, 0) is 239 Å². The van der Waals surface area contributed by atoms with Crippen molar-refractivity contribution in [3.63, 3.8) is 0 Å². The molecule has 0 fully saturated rings. The summed E-state index contributed by atoms with van der Waals surface area (Å²) in [5.41, 5.74) is 37.1. The second kappa shape index (κ2) is 30.1. The molecule has 0 aliphatic carbocycles. The van der Waals surface area contributed by atoms with Crippen LogP contribution >= 0.6 is 22.7 Å². The summed E-state index contributed by atoms with van der Waals surface area (Å²) in [5.74, 6) is 0. The first-order valence-electron chi connectivity index (χ1n) is 47.4. The van der Waals surface area contributed by atoms with E-state index in [0.717, 1.165) is 227 Å². The zero-order valence-electron chi connectivity index (χ0n) is 76.2. The average Bonchev–Trinajstić information content (AvgIpc) is 1.34. The Bertz CT molecular complexity index is 9350. The highest BCUT2D eigenvalue weighted by molar-refractivity contribution is 7.26. The van der Waals surface area contributed by atoms with E-state index in [9.17, 15) is 0 Å². The standard InChI is InChI=1S/C128H86BN3O3S2/c1-127(2,3)83-69-97(87-45-27-53-112-118(87)93-41-15-21-51-110(93)133-112)125(98(70-83)88-46-28-54-113-119(88)94-42-16-22-52-111(94)134-113)132-106-68-82(80-38-26-36-78(66-80)76-33-11-8-12-34-76)59-62-101(106)129-102-67-81(79-37-25-35-77(65-79)75-31-9-7-10-32-75)60-63-104(102)131(107-73-85(74-108(132)123(107)129)130-103-49-19-13-40-92(103)122-105(130)64-61-91-86-39-14-20-50-109(86)135-126(91)122)124-99(89-47-29-57-116-120(89)95-43-17-23-55-114(95)136-116)71-84(128(4,5)6)72-100(124)90-48-30-58-117-121(90)96-44-18-24-56-115(96)137-117/h7-74H,1-6H3. The summed E-state index contributed by atoms with van der Waals surface area (Å²) in [4.78, 5) is 5.55. The first kappa shape index (κ1) is 79.3. The number of hydrogen-bond acceptors (Lipinski definition) is 7. The smallest absolute Gasteiger partial charge is 0.252 e. The van der Waals surface area contributed by atoms with Crippen molar-refractivity contribution in [1.29, 1.82) is 0 Å². The molecule has 2 aliphatic heterocycles. The third-order valence-electron chi connectivity index (χ3n) is 29.3. The van der Waals surface area contributed by atoms with E-state index in [1.165, 1.54) is 56.9 Å². The third kappa shape index (κ3) is 12.2. The van der Waals surface area contributed by atoms with Crippen LogP contribution in [0.1, 0.15) is 52.7 Å². The first-order valence-corrected chi connectivity index (χ1v) is 49.1. The molecule has 0 bridgehead atoms. The van der Waals surface area contributed by atoms with Crippen LogP contribution in [0.25, 0.3) is 223 Å². The topological polar surface area (TPSA) is 50.8 Å². The predicted molar refractivity (Wildman–Crippen MR) is 583 cm³/mol. The maximum atomic E-state index is 7.31. The average molecular weight is 1790 g/mol. The van der Waals surface area contributed by atoms with Crippen LogP contribution in [0.5, 0.6) is 0 Å². The molecule has 0 radical (unpaired) electrons. The highest BCUT2D eigenvalue weighted by Gasteiger charge is 2.47. The number of thiophene rings is 2. The Kier molecular flexibility index (Phi) is 17.4. The Morgan fingerprint density at radius 1 is 0.234 bits per heavy atom. The fourth-order valence-corrected chi connectivity index (χ4v) is 25.2. The summed E-state index contributed by atoms with van der Waals surface area (Å²) < 4.78 is 29.2. The number of aromatic nitrogens is 1. The molecule has 0 saturated carbocycles. The van der Waals surface area contributed by atoms with Gasteiger partial charge in [0.1, 0.15) is 33.5 Å². The normalized spacial score (nSPS) is 12.8. The lowest BCUT2D eigenvalue weighted by atomic mass is 9.33. The van der Waals surface area contributed by atoms with Crippen LogP contribution in [-0.4, -0.2) is 11.3 Å². The van der Waals surface area contributed by atoms with Gasteiger partial charge >= 0.3 is 0 Å². The van der Waals surface area contributed by atoms with Gasteiger partial charge in [0.15, 0.2) is 0 Å². The number of benzene rings is 20. The molecule has 646 valence electrons. The number of fused-ring (bicyclic) bond motifs is 23. The van der Waals surface area contributed by atoms with Crippen molar-refractivity contribution in [2.75, 3.05) is 9.80 Å². The van der Waals surface area contributed by atoms with Crippen LogP contribution < -0.4 is 26.2 Å². The third-order valence-corrected chi connectivity index (χ3v) is 31.5. The van der Waals surface area contributed by atoms with Crippen molar-refractivity contribution in [3.8, 4) is 94.7 Å². The second-order valence-corrected chi connectivity index (χ2v) is 41.3. The first-order chi connectivity index (χ1) is 67.2. The molecule has 0 atom stereocenters. The van der Waals surface area contributed by atoms with Crippen molar-refractivity contribution in [2.24, 2.45) is 0 Å². The van der Waals surface area contributed by atoms with Gasteiger partial charge in [-0.15, -0.1) is 22.7 Å². The molecule has 6 aromatic heterocycles. The minimum atomic E-state index is -0.445. The molecule has 0 unspecified atom stereocenters. The minimum absolute atomic E-state index is 0.351. The Hall–Kier alpha value is -16.3. The van der Waals surface area contributed by atoms with Gasteiger partial charge in [-0.25, -0.2) is 0 Å². The van der Waals surface area contributed by atoms with Crippen LogP contribution in [-0.2, 0) is 10.8 Å². The molecular weight excluding hydrogens is 1700 g/mol. The summed E-state index contributed by atoms with van der Waals surface area (Å²) >= 11 is 3.75. The number of anilines is 6. The molecule has 0 N–H and O–H groups in total. The molecule has 9 heteroatoms. The van der Waals surface area contributed by atoms with Crippen molar-refractivity contribution >= 4 is 208 Å². The lowest BCUT2D eigenvalue weighted by Gasteiger charge is -2.46. The summed E-state index contributed by atoms with van der Waals surface area (Å²) in [6.07, 6.45) is 0. The van der Waals surface area contributed by atoms with Gasteiger partial charge in [0.25, 0.3) is 6.71 Å². The van der Waals surface area contributed by atoms with Gasteiger partial charge in [-0.1, -0.05) is 321 Å². The fraction of sp³-hybridized carbons (Fsp3) is 0.0625. The zero-order chi connectivity index (χ0) is 91.0. The summed E-state index contributed by atoms with van der Waals surface area (Å²) in [7, 11) is 0. The second-order valence-electron chi connectivity index (χ2n) is 39.2. The molecule has 6 nitrogen and oxygen atoms in total. The predicted octanol–water partition coefficient (Wildman–Crippen LogP) is 35.2. The monoisotopic (exact) mass is 1790 g/mol. The number of nitrogens with zero attached hydrogens (tertiary/aromatic N) is 3. The number of hydrogen-bond donors (Lipinski definition) is 0. The van der Waals surface area contributed by atoms with E-state index in [2.05, 4.69) is 468 Å². The molecule has 137 heavy (non-hydrogen) atoms. The Morgan fingerprint density at radius 3 is 1.15 bits per heavy atom. The summed E-state index contributed by atoms with van der Waals surface area (Å²) in [6.45, 7) is 13.9. The van der Waals surface area contributed by atoms with Gasteiger partial charge in [-0.3, -0.25) is 0 Å². The summed E-state index contributed by atoms with van der Waals surface area (Å²) in [5, 5.41) is 13.4. The Balaban J connectivity index is 0.860. The van der Waals surface area contributed by atoms with Crippen LogP contribution in [0.2, 0.25) is 0 Å². The van der Waals surface area contributed by atoms with Gasteiger partial charge in [0.05, 0.1) is 33.5 Å². The van der Waals surface area contributed by atoms with E-state index >= 15 is 0 Å². The van der Waals surface area contributed by atoms with Crippen LogP contribution in [0.4, 0.5) is 34.1 Å². The summed E-state index contributed by atoms with van der Waals surface area (Å²) in [6, 6.07) is 156. The van der Waals surface area contributed by atoms with E-state index in [1.807, 2.05) is 22.7 Å². The maximum Gasteiger partial charge on any atom is 0.252 e. The molecule has 0 spiro atoms. The maximum absolute atomic E-state index is 7.31. The quantitative estimate of drug-likeness (QED) is 0.121. The minimum Gasteiger partial charge on any atom is -0.456 e. The van der Waals surface area contributed by atoms with Crippen molar-refractivity contribution < 1.29 is 13.3 Å². The van der Waals surface area contributed by atoms with E-state index in [1.54, 1.807) is 0 Å². The van der Waals surface area contributed by atoms with Gasteiger partial charge < -0.3 is 27.6 Å². The van der Waals surface area contributed by atoms with Crippen LogP contribution in [0.3, 0.4) is 0 Å². The highest BCUT2D eigenvalue weighted by Crippen LogP contribution is 2.60. The van der Waals surface area contributed by atoms with Crippen molar-refractivity contribution in [3.05, 3.63) is 424 Å². The molecule has 0 saturated heterocycles. The molecule has 20 aromatic carbocycles. The van der Waals surface area contributed by atoms with Crippen molar-refractivity contribution in [1.82, 2.24) is 4.57 Å². The van der Waals surface area contributed by atoms with Crippen molar-refractivity contribution in [2.45, 2.75) is 52.4 Å². The Labute approximate surface area is 800 Å². The number of para-hydroxylation sites is 4. The van der Waals surface area contributed by atoms with Crippen LogP contribution in [0.15, 0.2) is 426 Å². The molecule has 2 aliphatic rings. The number of furan rings is 3. The highest BCUT2D eigenvalue weighted by atomic mass is 32.1. The van der Waals surface area contributed by atoms with E-state index < -0.39 is 12.1 Å². The largest absolute Gasteiger partial charge is 0.456 e. The van der Waals surface area contributed by atoms with E-state index in [-0.39, 0.29) is 5.41 Å². The zero-order valence-corrected chi connectivity index (χ0v) is 77.9. The SMILES string of the molecule is CC(C)(C)c1cc(-c2cccc3oc4ccccc4c23)c(N2c3cc(-c4cccc(-c5ccccc5)c4)ccc3B3c4cc(-c5cccc(-c6ccccc6)c5)ccc4N(c4c(-c5cccc6sc7ccccc7c56)cc(C(C)(C)C)cc4-c4cccc5sc6ccccc6c45)c4cc(-n5c6ccccc6c6c7oc8ccccc8c7ccc65)cc2c43)c(-c2cccc3oc4ccccc4c23)c1. The van der Waals surface area contributed by atoms with Crippen LogP contribution in [0, 0.1) is 0 Å². The molecule has 0 amide bonds. The molecule has 28 rings (SSSR count). The number of rotatable bonds is 11. The van der Waals surface area contributed by atoms with Gasteiger partial charge in [-0.2, -0.15) is 0 Å². The lowest BCUT2D eigenvalue weighted by Crippen LogP contribution is -2.61. The lowest BCUT2D eigenvalue weighted by molar-refractivity contribution is 0.590. The van der Waals surface area contributed by atoms with Gasteiger partial charge in [0.2, 0.25) is 0 Å².